The van der Waals surface area contributed by atoms with E-state index in [-0.39, 0.29) is 30.3 Å². The van der Waals surface area contributed by atoms with Gasteiger partial charge in [-0.3, -0.25) is 14.5 Å². The summed E-state index contributed by atoms with van der Waals surface area (Å²) in [7, 11) is 0. The number of hydrogen-bond acceptors (Lipinski definition) is 3. The molecule has 1 aliphatic carbocycles. The van der Waals surface area contributed by atoms with Crippen molar-refractivity contribution in [3.05, 3.63) is 35.4 Å². The minimum absolute atomic E-state index is 0.0108. The summed E-state index contributed by atoms with van der Waals surface area (Å²) in [6.45, 7) is 4.70. The summed E-state index contributed by atoms with van der Waals surface area (Å²) < 4.78 is 0. The van der Waals surface area contributed by atoms with Crippen LogP contribution >= 0.6 is 0 Å². The Kier molecular flexibility index (Phi) is 5.74. The van der Waals surface area contributed by atoms with Crippen LogP contribution in [0.4, 0.5) is 0 Å². The van der Waals surface area contributed by atoms with Crippen molar-refractivity contribution in [1.29, 1.82) is 0 Å². The molecule has 5 nitrogen and oxygen atoms in total. The summed E-state index contributed by atoms with van der Waals surface area (Å²) in [5.74, 6) is -0.0676. The maximum absolute atomic E-state index is 13.2. The zero-order valence-corrected chi connectivity index (χ0v) is 15.1. The van der Waals surface area contributed by atoms with E-state index >= 15 is 0 Å². The van der Waals surface area contributed by atoms with Gasteiger partial charge >= 0.3 is 0 Å². The molecule has 0 radical (unpaired) electrons. The van der Waals surface area contributed by atoms with E-state index in [1.165, 1.54) is 11.1 Å². The third kappa shape index (κ3) is 4.21. The number of likely N-dealkylation sites (tertiary alicyclic amines) is 1. The fraction of sp³-hybridized carbons (Fsp3) is 0.600. The fourth-order valence-electron chi connectivity index (χ4n) is 4.33. The van der Waals surface area contributed by atoms with E-state index in [1.807, 2.05) is 4.90 Å². The van der Waals surface area contributed by atoms with E-state index in [4.69, 9.17) is 5.73 Å². The molecule has 0 unspecified atom stereocenters. The van der Waals surface area contributed by atoms with E-state index in [9.17, 15) is 9.59 Å². The molecule has 1 heterocycles. The topological polar surface area (TPSA) is 66.6 Å². The van der Waals surface area contributed by atoms with Crippen LogP contribution in [0.25, 0.3) is 0 Å². The molecule has 1 aliphatic heterocycles. The van der Waals surface area contributed by atoms with Crippen molar-refractivity contribution in [2.45, 2.75) is 45.1 Å². The van der Waals surface area contributed by atoms with Crippen LogP contribution in [0.5, 0.6) is 0 Å². The number of nitrogens with two attached hydrogens (primary N) is 1. The average molecular weight is 343 g/mol. The van der Waals surface area contributed by atoms with Gasteiger partial charge in [-0.05, 0) is 49.8 Å². The zero-order chi connectivity index (χ0) is 17.8. The van der Waals surface area contributed by atoms with Gasteiger partial charge in [0.15, 0.2) is 0 Å². The maximum atomic E-state index is 13.2. The van der Waals surface area contributed by atoms with E-state index < -0.39 is 0 Å². The molecule has 1 aromatic rings. The summed E-state index contributed by atoms with van der Waals surface area (Å²) in [6, 6.07) is 8.79. The summed E-state index contributed by atoms with van der Waals surface area (Å²) in [4.78, 5) is 28.6. The lowest BCUT2D eigenvalue weighted by Crippen LogP contribution is -2.50. The lowest BCUT2D eigenvalue weighted by molar-refractivity contribution is -0.140. The molecule has 0 spiro atoms. The number of amides is 2. The molecule has 0 aromatic heterocycles. The molecule has 5 heteroatoms. The smallest absolute Gasteiger partial charge is 0.231 e. The number of rotatable bonds is 6. The first-order valence-corrected chi connectivity index (χ1v) is 9.46. The quantitative estimate of drug-likeness (QED) is 0.853. The third-order valence-corrected chi connectivity index (χ3v) is 5.45. The maximum Gasteiger partial charge on any atom is 0.231 e. The molecule has 1 aromatic carbocycles. The Hall–Kier alpha value is -1.88. The number of carbonyl (C=O) groups excluding carboxylic acids is 2. The molecule has 3 rings (SSSR count). The highest BCUT2D eigenvalue weighted by molar-refractivity contribution is 5.80. The molecular weight excluding hydrogens is 314 g/mol. The first-order valence-electron chi connectivity index (χ1n) is 9.46. The Labute approximate surface area is 150 Å². The monoisotopic (exact) mass is 343 g/mol. The molecule has 0 saturated carbocycles. The summed E-state index contributed by atoms with van der Waals surface area (Å²) in [5, 5.41) is 0. The predicted molar refractivity (Wildman–Crippen MR) is 98.0 cm³/mol. The summed E-state index contributed by atoms with van der Waals surface area (Å²) in [6.07, 6.45) is 4.75. The highest BCUT2D eigenvalue weighted by atomic mass is 16.2. The van der Waals surface area contributed by atoms with Gasteiger partial charge in [-0.1, -0.05) is 31.2 Å². The first-order chi connectivity index (χ1) is 12.1. The minimum atomic E-state index is -0.315. The van der Waals surface area contributed by atoms with Crippen molar-refractivity contribution >= 4 is 11.8 Å². The zero-order valence-electron chi connectivity index (χ0n) is 15.1. The second kappa shape index (κ2) is 8.00. The van der Waals surface area contributed by atoms with Gasteiger partial charge in [0.2, 0.25) is 11.8 Å². The molecule has 136 valence electrons. The number of fused-ring (bicyclic) bond motifs is 1. The Morgan fingerprint density at radius 1 is 1.24 bits per heavy atom. The second-order valence-corrected chi connectivity index (χ2v) is 7.40. The van der Waals surface area contributed by atoms with E-state index in [1.54, 1.807) is 0 Å². The summed E-state index contributed by atoms with van der Waals surface area (Å²) >= 11 is 0. The molecule has 1 fully saturated rings. The molecule has 2 N–H and O–H groups in total. The van der Waals surface area contributed by atoms with Gasteiger partial charge in [-0.25, -0.2) is 0 Å². The number of carbonyl (C=O) groups is 2. The van der Waals surface area contributed by atoms with Gasteiger partial charge < -0.3 is 10.6 Å². The molecule has 2 aliphatic rings. The summed E-state index contributed by atoms with van der Waals surface area (Å²) in [5.41, 5.74) is 8.08. The van der Waals surface area contributed by atoms with Crippen molar-refractivity contribution in [3.8, 4) is 0 Å². The predicted octanol–water partition coefficient (Wildman–Crippen LogP) is 1.59. The third-order valence-electron chi connectivity index (χ3n) is 5.45. The van der Waals surface area contributed by atoms with Crippen LogP contribution < -0.4 is 5.73 Å². The largest absolute Gasteiger partial charge is 0.369 e. The number of primary amides is 1. The Morgan fingerprint density at radius 2 is 1.92 bits per heavy atom. The van der Waals surface area contributed by atoms with Gasteiger partial charge in [0.25, 0.3) is 0 Å². The Morgan fingerprint density at radius 3 is 2.52 bits per heavy atom. The molecule has 1 atom stereocenters. The van der Waals surface area contributed by atoms with Crippen molar-refractivity contribution in [2.75, 3.05) is 26.2 Å². The molecule has 2 amide bonds. The molecule has 1 saturated heterocycles. The first kappa shape index (κ1) is 17.9. The van der Waals surface area contributed by atoms with E-state index in [2.05, 4.69) is 36.1 Å². The Balaban J connectivity index is 1.68. The van der Waals surface area contributed by atoms with Gasteiger partial charge in [-0.2, -0.15) is 0 Å². The number of benzene rings is 1. The standard InChI is InChI=1S/C20H29N3O2/c1-2-9-23(18-11-15-6-3-4-7-16(15)12-18)20(25)17-8-5-10-22(13-17)14-19(21)24/h3-4,6-7,17-18H,2,5,8-14H2,1H3,(H2,21,24)/t17-/m1/s1. The highest BCUT2D eigenvalue weighted by Gasteiger charge is 2.34. The fourth-order valence-corrected chi connectivity index (χ4v) is 4.33. The van der Waals surface area contributed by atoms with E-state index in [0.29, 0.717) is 6.54 Å². The van der Waals surface area contributed by atoms with E-state index in [0.717, 1.165) is 45.2 Å². The highest BCUT2D eigenvalue weighted by Crippen LogP contribution is 2.28. The normalized spacial score (nSPS) is 21.1. The van der Waals surface area contributed by atoms with Crippen LogP contribution in [0.15, 0.2) is 24.3 Å². The van der Waals surface area contributed by atoms with Crippen molar-refractivity contribution in [3.63, 3.8) is 0 Å². The lowest BCUT2D eigenvalue weighted by atomic mass is 9.95. The van der Waals surface area contributed by atoms with Crippen LogP contribution in [-0.4, -0.2) is 53.8 Å². The van der Waals surface area contributed by atoms with Gasteiger partial charge in [-0.15, -0.1) is 0 Å². The van der Waals surface area contributed by atoms with Crippen LogP contribution in [-0.2, 0) is 22.4 Å². The lowest BCUT2D eigenvalue weighted by Gasteiger charge is -2.36. The van der Waals surface area contributed by atoms with Crippen molar-refractivity contribution in [1.82, 2.24) is 9.80 Å². The second-order valence-electron chi connectivity index (χ2n) is 7.40. The van der Waals surface area contributed by atoms with Crippen LogP contribution in [0.3, 0.4) is 0 Å². The van der Waals surface area contributed by atoms with Crippen molar-refractivity contribution in [2.24, 2.45) is 11.7 Å². The van der Waals surface area contributed by atoms with Gasteiger partial charge in [0, 0.05) is 19.1 Å². The minimum Gasteiger partial charge on any atom is -0.369 e. The van der Waals surface area contributed by atoms with Gasteiger partial charge in [0.1, 0.15) is 0 Å². The Bertz CT molecular complexity index is 606. The van der Waals surface area contributed by atoms with Crippen LogP contribution in [0, 0.1) is 5.92 Å². The number of piperidine rings is 1. The van der Waals surface area contributed by atoms with Crippen LogP contribution in [0.1, 0.15) is 37.3 Å². The molecule has 25 heavy (non-hydrogen) atoms. The van der Waals surface area contributed by atoms with Crippen molar-refractivity contribution < 1.29 is 9.59 Å². The van der Waals surface area contributed by atoms with Gasteiger partial charge in [0.05, 0.1) is 12.5 Å². The molecular formula is C20H29N3O2. The molecule has 0 bridgehead atoms. The average Bonchev–Trinajstić information content (AvgIpc) is 3.02. The SMILES string of the molecule is CCCN(C(=O)[C@@H]1CCCN(CC(N)=O)C1)C1Cc2ccccc2C1. The number of hydrogen-bond donors (Lipinski definition) is 1. The number of nitrogens with zero attached hydrogens (tertiary/aromatic N) is 2. The van der Waals surface area contributed by atoms with Crippen LogP contribution in [0.2, 0.25) is 0 Å².